The van der Waals surface area contributed by atoms with Gasteiger partial charge >= 0.3 is 6.03 Å². The molecule has 21 heavy (non-hydrogen) atoms. The zero-order valence-electron chi connectivity index (χ0n) is 12.3. The van der Waals surface area contributed by atoms with Crippen molar-refractivity contribution in [3.05, 3.63) is 0 Å². The van der Waals surface area contributed by atoms with Gasteiger partial charge in [-0.25, -0.2) is 13.6 Å². The number of hydrogen-bond acceptors (Lipinski definition) is 3. The van der Waals surface area contributed by atoms with E-state index in [-0.39, 0.29) is 5.92 Å². The number of alkyl halides is 2. The Hall–Kier alpha value is -1.91. The fourth-order valence-corrected chi connectivity index (χ4v) is 2.21. The summed E-state index contributed by atoms with van der Waals surface area (Å²) in [7, 11) is 0. The second-order valence-corrected chi connectivity index (χ2v) is 5.40. The van der Waals surface area contributed by atoms with Crippen LogP contribution in [-0.4, -0.2) is 47.9 Å². The number of amides is 3. The van der Waals surface area contributed by atoms with Crippen molar-refractivity contribution in [2.24, 2.45) is 5.92 Å². The minimum Gasteiger partial charge on any atom is -0.338 e. The lowest BCUT2D eigenvalue weighted by atomic mass is 10.0. The van der Waals surface area contributed by atoms with Crippen molar-refractivity contribution in [2.75, 3.05) is 13.1 Å². The maximum Gasteiger partial charge on any atom is 0.315 e. The third kappa shape index (κ3) is 4.28. The summed E-state index contributed by atoms with van der Waals surface area (Å²) in [5.74, 6) is -4.00. The van der Waals surface area contributed by atoms with Crippen LogP contribution in [-0.2, 0) is 4.79 Å². The van der Waals surface area contributed by atoms with Gasteiger partial charge in [0.2, 0.25) is 5.91 Å². The van der Waals surface area contributed by atoms with Crippen LogP contribution in [0.15, 0.2) is 0 Å². The van der Waals surface area contributed by atoms with Gasteiger partial charge in [-0.2, -0.15) is 5.26 Å². The normalized spacial score (nSPS) is 21.8. The number of nitrogens with one attached hydrogen (secondary N) is 2. The third-order valence-corrected chi connectivity index (χ3v) is 3.26. The van der Waals surface area contributed by atoms with E-state index < -0.39 is 42.9 Å². The maximum absolute atomic E-state index is 13.4. The van der Waals surface area contributed by atoms with E-state index in [0.29, 0.717) is 6.54 Å². The molecule has 1 heterocycles. The van der Waals surface area contributed by atoms with E-state index in [1.807, 2.05) is 0 Å². The number of halogens is 2. The van der Waals surface area contributed by atoms with Crippen LogP contribution < -0.4 is 10.6 Å². The number of rotatable bonds is 4. The van der Waals surface area contributed by atoms with Crippen molar-refractivity contribution in [2.45, 2.75) is 45.2 Å². The zero-order chi connectivity index (χ0) is 16.2. The van der Waals surface area contributed by atoms with Gasteiger partial charge in [0.25, 0.3) is 5.92 Å². The molecule has 3 amide bonds. The van der Waals surface area contributed by atoms with Gasteiger partial charge in [-0.05, 0) is 12.8 Å². The number of nitrogens with zero attached hydrogens (tertiary/aromatic N) is 2. The molecule has 1 rings (SSSR count). The first-order chi connectivity index (χ1) is 9.71. The molecule has 0 spiro atoms. The second kappa shape index (κ2) is 6.70. The third-order valence-electron chi connectivity index (χ3n) is 3.26. The van der Waals surface area contributed by atoms with Crippen LogP contribution in [0.3, 0.4) is 0 Å². The molecule has 1 fully saturated rings. The van der Waals surface area contributed by atoms with Crippen LogP contribution in [0.2, 0.25) is 0 Å². The number of carbonyl (C=O) groups excluding carboxylic acids is 2. The summed E-state index contributed by atoms with van der Waals surface area (Å²) in [5, 5.41) is 13.9. The fraction of sp³-hybridized carbons (Fsp3) is 0.769. The molecule has 0 aromatic heterocycles. The van der Waals surface area contributed by atoms with Gasteiger partial charge < -0.3 is 15.5 Å². The van der Waals surface area contributed by atoms with Crippen LogP contribution in [0.25, 0.3) is 0 Å². The molecule has 2 atom stereocenters. The van der Waals surface area contributed by atoms with Crippen molar-refractivity contribution < 1.29 is 18.4 Å². The van der Waals surface area contributed by atoms with E-state index in [0.717, 1.165) is 4.90 Å². The van der Waals surface area contributed by atoms with Crippen LogP contribution in [0.1, 0.15) is 27.2 Å². The molecule has 0 bridgehead atoms. The lowest BCUT2D eigenvalue weighted by molar-refractivity contribution is -0.135. The van der Waals surface area contributed by atoms with Gasteiger partial charge in [0.05, 0.1) is 12.6 Å². The summed E-state index contributed by atoms with van der Waals surface area (Å²) in [6, 6.07) is -0.924. The summed E-state index contributed by atoms with van der Waals surface area (Å²) in [6.45, 7) is 4.71. The van der Waals surface area contributed by atoms with Crippen LogP contribution in [0.4, 0.5) is 13.6 Å². The lowest BCUT2D eigenvalue weighted by Gasteiger charge is -2.28. The Bertz CT molecular complexity index is 448. The number of hydrogen-bond donors (Lipinski definition) is 2. The number of urea groups is 1. The molecule has 0 aromatic rings. The molecule has 8 heteroatoms. The van der Waals surface area contributed by atoms with Crippen LogP contribution in [0.5, 0.6) is 0 Å². The quantitative estimate of drug-likeness (QED) is 0.815. The van der Waals surface area contributed by atoms with Gasteiger partial charge in [-0.3, -0.25) is 4.79 Å². The Labute approximate surface area is 122 Å². The predicted octanol–water partition coefficient (Wildman–Crippen LogP) is 1.09. The average Bonchev–Trinajstić information content (AvgIpc) is 2.70. The Morgan fingerprint density at radius 1 is 1.48 bits per heavy atom. The Kier molecular flexibility index (Phi) is 5.47. The molecule has 2 N–H and O–H groups in total. The molecule has 0 unspecified atom stereocenters. The van der Waals surface area contributed by atoms with Crippen molar-refractivity contribution in [1.82, 2.24) is 15.5 Å². The highest BCUT2D eigenvalue weighted by molar-refractivity contribution is 5.88. The number of carbonyl (C=O) groups is 2. The van der Waals surface area contributed by atoms with Gasteiger partial charge in [0.15, 0.2) is 0 Å². The Morgan fingerprint density at radius 3 is 2.57 bits per heavy atom. The minimum absolute atomic E-state index is 0.284. The largest absolute Gasteiger partial charge is 0.338 e. The topological polar surface area (TPSA) is 85.2 Å². The average molecular weight is 302 g/mol. The predicted molar refractivity (Wildman–Crippen MR) is 71.5 cm³/mol. The summed E-state index contributed by atoms with van der Waals surface area (Å²) < 4.78 is 26.8. The summed E-state index contributed by atoms with van der Waals surface area (Å²) in [4.78, 5) is 24.8. The van der Waals surface area contributed by atoms with Crippen molar-refractivity contribution in [3.8, 4) is 6.07 Å². The van der Waals surface area contributed by atoms with Gasteiger partial charge in [-0.15, -0.1) is 0 Å². The monoisotopic (exact) mass is 302 g/mol. The molecule has 0 radical (unpaired) electrons. The highest BCUT2D eigenvalue weighted by Crippen LogP contribution is 2.32. The van der Waals surface area contributed by atoms with E-state index >= 15 is 0 Å². The highest BCUT2D eigenvalue weighted by Gasteiger charge is 2.48. The summed E-state index contributed by atoms with van der Waals surface area (Å²) >= 11 is 0. The molecule has 0 aliphatic carbocycles. The van der Waals surface area contributed by atoms with E-state index in [2.05, 4.69) is 10.6 Å². The summed E-state index contributed by atoms with van der Waals surface area (Å²) in [6.07, 6.45) is -0.665. The molecule has 6 nitrogen and oxygen atoms in total. The first kappa shape index (κ1) is 17.1. The Balaban J connectivity index is 2.86. The number of likely N-dealkylation sites (tertiary alicyclic amines) is 1. The Morgan fingerprint density at radius 2 is 2.10 bits per heavy atom. The van der Waals surface area contributed by atoms with Gasteiger partial charge in [0, 0.05) is 13.0 Å². The maximum atomic E-state index is 13.4. The van der Waals surface area contributed by atoms with Crippen LogP contribution in [0, 0.1) is 17.2 Å². The van der Waals surface area contributed by atoms with Crippen molar-refractivity contribution >= 4 is 11.9 Å². The zero-order valence-corrected chi connectivity index (χ0v) is 12.3. The first-order valence-corrected chi connectivity index (χ1v) is 6.84. The molecule has 1 saturated heterocycles. The standard InChI is InChI=1S/C13H20F2N4O2/c1-4-17-12(21)18-10(8(2)3)11(20)19-7-13(14,15)5-9(19)6-16/h8-10H,4-5,7H2,1-3H3,(H2,17,18,21)/t9-,10-/m0/s1. The lowest BCUT2D eigenvalue weighted by Crippen LogP contribution is -2.54. The molecule has 0 saturated carbocycles. The van der Waals surface area contributed by atoms with Crippen LogP contribution >= 0.6 is 0 Å². The van der Waals surface area contributed by atoms with E-state index in [9.17, 15) is 18.4 Å². The number of nitriles is 1. The van der Waals surface area contributed by atoms with Gasteiger partial charge in [0.1, 0.15) is 12.1 Å². The molecule has 1 aliphatic rings. The van der Waals surface area contributed by atoms with E-state index in [1.54, 1.807) is 26.8 Å². The minimum atomic E-state index is -3.07. The first-order valence-electron chi connectivity index (χ1n) is 6.84. The summed E-state index contributed by atoms with van der Waals surface area (Å²) in [5.41, 5.74) is 0. The van der Waals surface area contributed by atoms with Crippen molar-refractivity contribution in [3.63, 3.8) is 0 Å². The van der Waals surface area contributed by atoms with Crippen molar-refractivity contribution in [1.29, 1.82) is 5.26 Å². The SMILES string of the molecule is CCNC(=O)N[C@H](C(=O)N1CC(F)(F)C[C@H]1C#N)C(C)C. The molecular formula is C13H20F2N4O2. The fourth-order valence-electron chi connectivity index (χ4n) is 2.21. The molecule has 118 valence electrons. The smallest absolute Gasteiger partial charge is 0.315 e. The van der Waals surface area contributed by atoms with Gasteiger partial charge in [-0.1, -0.05) is 13.8 Å². The highest BCUT2D eigenvalue weighted by atomic mass is 19.3. The molecule has 1 aliphatic heterocycles. The van der Waals surface area contributed by atoms with E-state index in [4.69, 9.17) is 5.26 Å². The molecular weight excluding hydrogens is 282 g/mol. The second-order valence-electron chi connectivity index (χ2n) is 5.40. The van der Waals surface area contributed by atoms with E-state index in [1.165, 1.54) is 0 Å². The molecule has 0 aromatic carbocycles.